The van der Waals surface area contributed by atoms with Crippen LogP contribution in [0.3, 0.4) is 0 Å². The van der Waals surface area contributed by atoms with Crippen LogP contribution >= 0.6 is 0 Å². The molecule has 0 saturated carbocycles. The molecule has 0 aliphatic carbocycles. The van der Waals surface area contributed by atoms with E-state index in [0.717, 1.165) is 6.54 Å². The van der Waals surface area contributed by atoms with E-state index >= 15 is 0 Å². The average molecular weight is 211 g/mol. The van der Waals surface area contributed by atoms with Crippen molar-refractivity contribution in [1.82, 2.24) is 5.32 Å². The largest absolute Gasteiger partial charge is 0.352 e. The van der Waals surface area contributed by atoms with Crippen molar-refractivity contribution in [2.24, 2.45) is 5.41 Å². The molecule has 2 heteroatoms. The first-order chi connectivity index (χ1) is 7.08. The van der Waals surface area contributed by atoms with Gasteiger partial charge in [0.2, 0.25) is 5.91 Å². The Bertz CT molecular complexity index is 201. The third-order valence-electron chi connectivity index (χ3n) is 2.86. The van der Waals surface area contributed by atoms with Crippen LogP contribution < -0.4 is 5.32 Å². The number of carbonyl (C=O) groups excluding carboxylic acids is 1. The molecule has 0 rings (SSSR count). The second-order valence-corrected chi connectivity index (χ2v) is 4.59. The van der Waals surface area contributed by atoms with E-state index in [0.29, 0.717) is 0 Å². The van der Waals surface area contributed by atoms with Gasteiger partial charge in [0, 0.05) is 6.54 Å². The molecule has 0 heterocycles. The molecule has 0 saturated heterocycles. The van der Waals surface area contributed by atoms with Gasteiger partial charge in [-0.1, -0.05) is 46.6 Å². The predicted octanol–water partition coefficient (Wildman–Crippen LogP) is 3.29. The molecule has 1 amide bonds. The van der Waals surface area contributed by atoms with Gasteiger partial charge in [-0.25, -0.2) is 0 Å². The van der Waals surface area contributed by atoms with Gasteiger partial charge in [-0.2, -0.15) is 0 Å². The van der Waals surface area contributed by atoms with Crippen LogP contribution in [0.15, 0.2) is 12.7 Å². The molecule has 0 bridgehead atoms. The minimum atomic E-state index is -0.0613. The van der Waals surface area contributed by atoms with Crippen molar-refractivity contribution >= 4 is 5.91 Å². The lowest BCUT2D eigenvalue weighted by molar-refractivity contribution is -0.117. The Labute approximate surface area is 94.1 Å². The maximum Gasteiger partial charge on any atom is 0.243 e. The Balaban J connectivity index is 4.10. The summed E-state index contributed by atoms with van der Waals surface area (Å²) in [4.78, 5) is 11.1. The van der Waals surface area contributed by atoms with Crippen LogP contribution in [0, 0.1) is 5.41 Å². The van der Waals surface area contributed by atoms with E-state index in [-0.39, 0.29) is 11.3 Å². The molecule has 0 aromatic rings. The Morgan fingerprint density at radius 2 is 2.00 bits per heavy atom. The molecule has 1 N–H and O–H groups in total. The van der Waals surface area contributed by atoms with Gasteiger partial charge in [-0.15, -0.1) is 0 Å². The summed E-state index contributed by atoms with van der Waals surface area (Å²) in [5.41, 5.74) is 0.253. The molecule has 2 nitrogen and oxygen atoms in total. The monoisotopic (exact) mass is 211 g/mol. The van der Waals surface area contributed by atoms with Gasteiger partial charge in [0.05, 0.1) is 0 Å². The molecule has 0 aliphatic heterocycles. The van der Waals surface area contributed by atoms with E-state index in [9.17, 15) is 4.79 Å². The summed E-state index contributed by atoms with van der Waals surface area (Å²) in [5.74, 6) is -0.0613. The summed E-state index contributed by atoms with van der Waals surface area (Å²) in [6, 6.07) is 0. The molecule has 0 radical (unpaired) electrons. The normalized spacial score (nSPS) is 14.3. The van der Waals surface area contributed by atoms with E-state index in [2.05, 4.69) is 32.7 Å². The van der Waals surface area contributed by atoms with Crippen LogP contribution in [-0.2, 0) is 4.79 Å². The highest BCUT2D eigenvalue weighted by Crippen LogP contribution is 2.28. The second kappa shape index (κ2) is 7.49. The fourth-order valence-electron chi connectivity index (χ4n) is 1.88. The summed E-state index contributed by atoms with van der Waals surface area (Å²) in [6.07, 6.45) is 7.32. The number of nitrogens with one attached hydrogen (secondary N) is 1. The molecule has 0 fully saturated rings. The van der Waals surface area contributed by atoms with Crippen LogP contribution in [0.2, 0.25) is 0 Å². The lowest BCUT2D eigenvalue weighted by Crippen LogP contribution is -2.34. The molecule has 1 atom stereocenters. The molecule has 1 unspecified atom stereocenters. The second-order valence-electron chi connectivity index (χ2n) is 4.59. The lowest BCUT2D eigenvalue weighted by Gasteiger charge is -2.29. The Hall–Kier alpha value is -0.790. The zero-order valence-electron chi connectivity index (χ0n) is 10.4. The summed E-state index contributed by atoms with van der Waals surface area (Å²) >= 11 is 0. The first-order valence-corrected chi connectivity index (χ1v) is 5.98. The van der Waals surface area contributed by atoms with Crippen LogP contribution in [0.1, 0.15) is 52.9 Å². The van der Waals surface area contributed by atoms with Gasteiger partial charge in [0.25, 0.3) is 0 Å². The number of unbranched alkanes of at least 4 members (excludes halogenated alkanes) is 1. The molecule has 15 heavy (non-hydrogen) atoms. The van der Waals surface area contributed by atoms with Crippen molar-refractivity contribution in [2.45, 2.75) is 52.9 Å². The fraction of sp³-hybridized carbons (Fsp3) is 0.769. The van der Waals surface area contributed by atoms with Crippen molar-refractivity contribution in [2.75, 3.05) is 6.54 Å². The van der Waals surface area contributed by atoms with E-state index in [1.807, 2.05) is 0 Å². The molecule has 88 valence electrons. The third kappa shape index (κ3) is 6.32. The van der Waals surface area contributed by atoms with Crippen molar-refractivity contribution in [3.63, 3.8) is 0 Å². The van der Waals surface area contributed by atoms with Crippen molar-refractivity contribution in [1.29, 1.82) is 0 Å². The summed E-state index contributed by atoms with van der Waals surface area (Å²) in [7, 11) is 0. The highest BCUT2D eigenvalue weighted by atomic mass is 16.1. The summed E-state index contributed by atoms with van der Waals surface area (Å²) in [5, 5.41) is 2.91. The Morgan fingerprint density at radius 3 is 2.47 bits per heavy atom. The summed E-state index contributed by atoms with van der Waals surface area (Å²) < 4.78 is 0. The van der Waals surface area contributed by atoms with E-state index in [4.69, 9.17) is 0 Å². The lowest BCUT2D eigenvalue weighted by atomic mass is 9.80. The number of hydrogen-bond acceptors (Lipinski definition) is 1. The van der Waals surface area contributed by atoms with E-state index in [1.54, 1.807) is 0 Å². The average Bonchev–Trinajstić information content (AvgIpc) is 2.24. The number of hydrogen-bond donors (Lipinski definition) is 1. The van der Waals surface area contributed by atoms with Crippen molar-refractivity contribution in [3.8, 4) is 0 Å². The molecule has 0 aromatic carbocycles. The molecule has 0 aromatic heterocycles. The standard InChI is InChI=1S/C13H25NO/c1-5-8-10-13(4,9-6-2)11-14-12(15)7-3/h7H,3,5-6,8-11H2,1-2,4H3,(H,14,15). The maximum absolute atomic E-state index is 11.1. The smallest absolute Gasteiger partial charge is 0.243 e. The molecular formula is C13H25NO. The zero-order chi connectivity index (χ0) is 11.7. The summed E-state index contributed by atoms with van der Waals surface area (Å²) in [6.45, 7) is 10.9. The highest BCUT2D eigenvalue weighted by molar-refractivity contribution is 5.86. The minimum Gasteiger partial charge on any atom is -0.352 e. The highest BCUT2D eigenvalue weighted by Gasteiger charge is 2.22. The molecular weight excluding hydrogens is 186 g/mol. The third-order valence-corrected chi connectivity index (χ3v) is 2.86. The topological polar surface area (TPSA) is 29.1 Å². The Kier molecular flexibility index (Phi) is 7.10. The van der Waals surface area contributed by atoms with Gasteiger partial charge in [-0.05, 0) is 24.3 Å². The van der Waals surface area contributed by atoms with Gasteiger partial charge in [0.15, 0.2) is 0 Å². The number of amides is 1. The van der Waals surface area contributed by atoms with Gasteiger partial charge >= 0.3 is 0 Å². The first-order valence-electron chi connectivity index (χ1n) is 5.98. The minimum absolute atomic E-state index is 0.0613. The van der Waals surface area contributed by atoms with Gasteiger partial charge < -0.3 is 5.32 Å². The van der Waals surface area contributed by atoms with Crippen molar-refractivity contribution in [3.05, 3.63) is 12.7 Å². The fourth-order valence-corrected chi connectivity index (χ4v) is 1.88. The van der Waals surface area contributed by atoms with E-state index < -0.39 is 0 Å². The van der Waals surface area contributed by atoms with Crippen LogP contribution in [-0.4, -0.2) is 12.5 Å². The van der Waals surface area contributed by atoms with Crippen LogP contribution in [0.5, 0.6) is 0 Å². The van der Waals surface area contributed by atoms with Crippen molar-refractivity contribution < 1.29 is 4.79 Å². The Morgan fingerprint density at radius 1 is 1.33 bits per heavy atom. The van der Waals surface area contributed by atoms with Crippen LogP contribution in [0.25, 0.3) is 0 Å². The van der Waals surface area contributed by atoms with E-state index in [1.165, 1.54) is 38.2 Å². The maximum atomic E-state index is 11.1. The SMILES string of the molecule is C=CC(=O)NCC(C)(CCC)CCCC. The molecule has 0 spiro atoms. The van der Waals surface area contributed by atoms with Crippen LogP contribution in [0.4, 0.5) is 0 Å². The van der Waals surface area contributed by atoms with Gasteiger partial charge in [0.1, 0.15) is 0 Å². The zero-order valence-corrected chi connectivity index (χ0v) is 10.4. The quantitative estimate of drug-likeness (QED) is 0.613. The number of carbonyl (C=O) groups is 1. The molecule has 0 aliphatic rings. The first kappa shape index (κ1) is 14.2. The van der Waals surface area contributed by atoms with Gasteiger partial charge in [-0.3, -0.25) is 4.79 Å². The predicted molar refractivity (Wildman–Crippen MR) is 65.7 cm³/mol. The number of rotatable bonds is 8.